The number of rotatable bonds is 13. The number of benzene rings is 3. The number of aliphatic hydroxyl groups is 1. The summed E-state index contributed by atoms with van der Waals surface area (Å²) in [5, 5.41) is 34.4. The average Bonchev–Trinajstić information content (AvgIpc) is 2.98. The summed E-state index contributed by atoms with van der Waals surface area (Å²) in [5.41, 5.74) is 1.27. The van der Waals surface area contributed by atoms with E-state index in [-0.39, 0.29) is 30.2 Å². The van der Waals surface area contributed by atoms with E-state index in [0.29, 0.717) is 16.8 Å². The number of phenols is 1. The van der Waals surface area contributed by atoms with Gasteiger partial charge in [-0.05, 0) is 66.9 Å². The summed E-state index contributed by atoms with van der Waals surface area (Å²) in [6.07, 6.45) is -0.536. The monoisotopic (exact) mass is 597 g/mol. The van der Waals surface area contributed by atoms with Crippen LogP contribution in [0.15, 0.2) is 66.7 Å². The van der Waals surface area contributed by atoms with E-state index < -0.39 is 67.2 Å². The summed E-state index contributed by atoms with van der Waals surface area (Å²) in [4.78, 5) is 48.7. The number of aliphatic hydroxyl groups excluding tert-OH is 1. The minimum atomic E-state index is -1.23. The van der Waals surface area contributed by atoms with E-state index >= 15 is 0 Å². The molecule has 1 fully saturated rings. The molecule has 0 aliphatic carbocycles. The van der Waals surface area contributed by atoms with Crippen LogP contribution < -0.4 is 20.3 Å². The van der Waals surface area contributed by atoms with Gasteiger partial charge in [-0.15, -0.1) is 0 Å². The van der Waals surface area contributed by atoms with Gasteiger partial charge in [0.05, 0.1) is 24.6 Å². The van der Waals surface area contributed by atoms with Crippen molar-refractivity contribution in [1.29, 1.82) is 0 Å². The molecule has 3 aromatic rings. The van der Waals surface area contributed by atoms with Crippen molar-refractivity contribution in [2.75, 3.05) is 24.6 Å². The minimum Gasteiger partial charge on any atom is -0.507 e. The zero-order chi connectivity index (χ0) is 31.1. The summed E-state index contributed by atoms with van der Waals surface area (Å²) in [5.74, 6) is -4.56. The van der Waals surface area contributed by atoms with E-state index in [4.69, 9.17) is 9.84 Å². The normalized spacial score (nSPS) is 16.6. The fourth-order valence-electron chi connectivity index (χ4n) is 4.74. The highest BCUT2D eigenvalue weighted by molar-refractivity contribution is 6.03. The molecule has 13 heteroatoms. The smallest absolute Gasteiger partial charge is 0.322 e. The molecule has 0 saturated carbocycles. The van der Waals surface area contributed by atoms with Gasteiger partial charge >= 0.3 is 5.97 Å². The summed E-state index contributed by atoms with van der Waals surface area (Å²) >= 11 is 0. The van der Waals surface area contributed by atoms with E-state index in [2.05, 4.69) is 10.6 Å². The number of carboxylic acids is 1. The topological polar surface area (TPSA) is 166 Å². The number of phenolic OH excluding ortho intramolecular Hbond substituents is 1. The molecule has 1 saturated heterocycles. The Balaban J connectivity index is 1.44. The molecule has 4 rings (SSSR count). The number of hydrogen-bond acceptors (Lipinski definition) is 7. The highest BCUT2D eigenvalue weighted by Crippen LogP contribution is 2.49. The molecule has 0 spiro atoms. The van der Waals surface area contributed by atoms with Crippen molar-refractivity contribution >= 4 is 29.4 Å². The van der Waals surface area contributed by atoms with Crippen molar-refractivity contribution in [2.45, 2.75) is 25.0 Å². The number of nitrogens with zero attached hydrogens (tertiary/aromatic N) is 1. The Kier molecular flexibility index (Phi) is 9.88. The van der Waals surface area contributed by atoms with Crippen LogP contribution in [-0.2, 0) is 19.2 Å². The summed E-state index contributed by atoms with van der Waals surface area (Å²) < 4.78 is 32.2. The Morgan fingerprint density at radius 1 is 0.907 bits per heavy atom. The van der Waals surface area contributed by atoms with Gasteiger partial charge in [0, 0.05) is 17.3 Å². The third-order valence-corrected chi connectivity index (χ3v) is 6.90. The lowest BCUT2D eigenvalue weighted by Gasteiger charge is -2.48. The van der Waals surface area contributed by atoms with Gasteiger partial charge in [-0.2, -0.15) is 0 Å². The first-order valence-corrected chi connectivity index (χ1v) is 13.3. The molecule has 5 N–H and O–H groups in total. The number of amides is 3. The van der Waals surface area contributed by atoms with Crippen LogP contribution in [0.25, 0.3) is 0 Å². The van der Waals surface area contributed by atoms with E-state index in [1.807, 2.05) is 0 Å². The molecule has 0 bridgehead atoms. The van der Waals surface area contributed by atoms with Crippen LogP contribution in [0.1, 0.15) is 36.1 Å². The summed E-state index contributed by atoms with van der Waals surface area (Å²) in [6.45, 7) is -1.54. The predicted octanol–water partition coefficient (Wildman–Crippen LogP) is 2.58. The Morgan fingerprint density at radius 2 is 1.53 bits per heavy atom. The molecule has 226 valence electrons. The maximum absolute atomic E-state index is 13.6. The molecule has 11 nitrogen and oxygen atoms in total. The van der Waals surface area contributed by atoms with Gasteiger partial charge in [-0.1, -0.05) is 12.1 Å². The first kappa shape index (κ1) is 30.9. The summed E-state index contributed by atoms with van der Waals surface area (Å²) in [6, 6.07) is 14.3. The number of carbonyl (C=O) groups is 4. The number of nitrogens with one attached hydrogen (secondary N) is 2. The lowest BCUT2D eigenvalue weighted by molar-refractivity contribution is -0.137. The zero-order valence-corrected chi connectivity index (χ0v) is 22.7. The number of hydrogen-bond donors (Lipinski definition) is 5. The molecule has 0 aromatic heterocycles. The second-order valence-corrected chi connectivity index (χ2v) is 9.84. The van der Waals surface area contributed by atoms with Gasteiger partial charge in [-0.25, -0.2) is 8.78 Å². The molecule has 0 radical (unpaired) electrons. The van der Waals surface area contributed by atoms with Gasteiger partial charge in [0.1, 0.15) is 29.7 Å². The number of aliphatic carboxylic acids is 1. The van der Waals surface area contributed by atoms with Gasteiger partial charge in [0.2, 0.25) is 11.8 Å². The Hall–Kier alpha value is -5.04. The van der Waals surface area contributed by atoms with Crippen LogP contribution in [0.3, 0.4) is 0 Å². The molecule has 3 unspecified atom stereocenters. The van der Waals surface area contributed by atoms with Crippen LogP contribution >= 0.6 is 0 Å². The highest BCUT2D eigenvalue weighted by Gasteiger charge is 2.49. The van der Waals surface area contributed by atoms with Crippen LogP contribution in [0.4, 0.5) is 14.5 Å². The van der Waals surface area contributed by atoms with Crippen LogP contribution in [-0.4, -0.2) is 58.7 Å². The predicted molar refractivity (Wildman–Crippen MR) is 148 cm³/mol. The second kappa shape index (κ2) is 13.7. The fraction of sp³-hybridized carbons (Fsp3) is 0.267. The number of carbonyl (C=O) groups excluding carboxylic acids is 3. The standard InChI is InChI=1S/C30H29F2N3O8/c31-18-3-1-17(2-4-18)24(36)12-11-23-29(35(30(23)42)20-7-5-19(32)6-8-20)22-10-9-21(13-25(22)37)43-16-27(39)33-14-26(38)34-15-28(40)41/h1-10,13,23-24,29,36-37H,11-12,14-16H2,(H,33,39)(H,34,38)(H,40,41). The maximum Gasteiger partial charge on any atom is 0.322 e. The van der Waals surface area contributed by atoms with E-state index in [1.54, 1.807) is 0 Å². The molecule has 1 heterocycles. The largest absolute Gasteiger partial charge is 0.507 e. The minimum absolute atomic E-state index is 0.119. The number of carboxylic acid groups (broad SMARTS) is 1. The molecule has 1 aliphatic rings. The number of β-lactam (4-membered cyclic amide) rings is 1. The third-order valence-electron chi connectivity index (χ3n) is 6.90. The number of halogens is 2. The van der Waals surface area contributed by atoms with Crippen LogP contribution in [0.5, 0.6) is 11.5 Å². The third kappa shape index (κ3) is 7.83. The molecule has 3 amide bonds. The first-order chi connectivity index (χ1) is 20.5. The Labute approximate surface area is 244 Å². The maximum atomic E-state index is 13.6. The van der Waals surface area contributed by atoms with Crippen molar-refractivity contribution < 1.29 is 48.0 Å². The van der Waals surface area contributed by atoms with Gasteiger partial charge in [0.25, 0.3) is 5.91 Å². The SMILES string of the molecule is O=C(O)CNC(=O)CNC(=O)COc1ccc(C2C(CCC(O)c3ccc(F)cc3)C(=O)N2c2ccc(F)cc2)c(O)c1. The van der Waals surface area contributed by atoms with Crippen molar-refractivity contribution in [2.24, 2.45) is 5.92 Å². The zero-order valence-electron chi connectivity index (χ0n) is 22.7. The van der Waals surface area contributed by atoms with E-state index in [9.17, 15) is 38.2 Å². The summed E-state index contributed by atoms with van der Waals surface area (Å²) in [7, 11) is 0. The molecule has 3 aromatic carbocycles. The molecule has 43 heavy (non-hydrogen) atoms. The van der Waals surface area contributed by atoms with Crippen LogP contribution in [0.2, 0.25) is 0 Å². The van der Waals surface area contributed by atoms with Crippen molar-refractivity contribution in [1.82, 2.24) is 10.6 Å². The Bertz CT molecular complexity index is 1480. The quantitative estimate of drug-likeness (QED) is 0.188. The molecular weight excluding hydrogens is 568 g/mol. The first-order valence-electron chi connectivity index (χ1n) is 13.3. The van der Waals surface area contributed by atoms with Gasteiger partial charge < -0.3 is 35.6 Å². The lowest BCUT2D eigenvalue weighted by Crippen LogP contribution is -2.55. The van der Waals surface area contributed by atoms with Gasteiger partial charge in [0.15, 0.2) is 6.61 Å². The van der Waals surface area contributed by atoms with E-state index in [0.717, 1.165) is 0 Å². The van der Waals surface area contributed by atoms with Crippen LogP contribution in [0, 0.1) is 17.6 Å². The van der Waals surface area contributed by atoms with E-state index in [1.165, 1.54) is 71.6 Å². The van der Waals surface area contributed by atoms with Crippen molar-refractivity contribution in [3.8, 4) is 11.5 Å². The Morgan fingerprint density at radius 3 is 2.16 bits per heavy atom. The molecule has 1 aliphatic heterocycles. The van der Waals surface area contributed by atoms with Gasteiger partial charge in [-0.3, -0.25) is 19.2 Å². The number of aromatic hydroxyl groups is 1. The molecular formula is C30H29F2N3O8. The van der Waals surface area contributed by atoms with Crippen molar-refractivity contribution in [3.63, 3.8) is 0 Å². The average molecular weight is 598 g/mol. The fourth-order valence-corrected chi connectivity index (χ4v) is 4.74. The lowest BCUT2D eigenvalue weighted by atomic mass is 9.78. The van der Waals surface area contributed by atoms with Crippen molar-refractivity contribution in [3.05, 3.63) is 89.5 Å². The molecule has 3 atom stereocenters. The second-order valence-electron chi connectivity index (χ2n) is 9.84. The number of anilines is 1. The highest BCUT2D eigenvalue weighted by atomic mass is 19.1. The number of ether oxygens (including phenoxy) is 1.